The molecule has 0 amide bonds. The molecule has 1 unspecified atom stereocenters. The van der Waals surface area contributed by atoms with Crippen molar-refractivity contribution in [3.63, 3.8) is 0 Å². The summed E-state index contributed by atoms with van der Waals surface area (Å²) < 4.78 is 19.1. The van der Waals surface area contributed by atoms with Gasteiger partial charge in [0.2, 0.25) is 0 Å². The van der Waals surface area contributed by atoms with E-state index in [4.69, 9.17) is 4.42 Å². The first kappa shape index (κ1) is 11.9. The molecule has 0 radical (unpaired) electrons. The average Bonchev–Trinajstić information content (AvgIpc) is 2.65. The second kappa shape index (κ2) is 5.15. The molecule has 0 spiro atoms. The van der Waals surface area contributed by atoms with E-state index in [-0.39, 0.29) is 10.6 Å². The third-order valence-electron chi connectivity index (χ3n) is 2.21. The van der Waals surface area contributed by atoms with E-state index in [1.165, 1.54) is 12.1 Å². The maximum atomic E-state index is 13.0. The lowest BCUT2D eigenvalue weighted by Gasteiger charge is -2.06. The van der Waals surface area contributed by atoms with Gasteiger partial charge >= 0.3 is 0 Å². The first-order valence-electron chi connectivity index (χ1n) is 4.79. The third-order valence-corrected chi connectivity index (χ3v) is 3.41. The fourth-order valence-electron chi connectivity index (χ4n) is 1.47. The van der Waals surface area contributed by atoms with Crippen molar-refractivity contribution >= 4 is 31.9 Å². The summed E-state index contributed by atoms with van der Waals surface area (Å²) in [6.07, 6.45) is 0.692. The molecule has 1 aromatic carbocycles. The van der Waals surface area contributed by atoms with Crippen LogP contribution in [0.2, 0.25) is 0 Å². The van der Waals surface area contributed by atoms with Crippen molar-refractivity contribution in [3.05, 3.63) is 58.2 Å². The van der Waals surface area contributed by atoms with Crippen LogP contribution in [0.15, 0.2) is 45.5 Å². The predicted molar refractivity (Wildman–Crippen MR) is 68.2 cm³/mol. The van der Waals surface area contributed by atoms with Gasteiger partial charge in [0, 0.05) is 0 Å². The summed E-state index contributed by atoms with van der Waals surface area (Å²) in [4.78, 5) is 0.0561. The highest BCUT2D eigenvalue weighted by Crippen LogP contribution is 2.30. The molecule has 2 aromatic rings. The zero-order valence-corrected chi connectivity index (χ0v) is 11.5. The maximum absolute atomic E-state index is 13.0. The van der Waals surface area contributed by atoms with E-state index in [2.05, 4.69) is 31.9 Å². The monoisotopic (exact) mass is 346 g/mol. The molecule has 0 aliphatic carbocycles. The van der Waals surface area contributed by atoms with Crippen LogP contribution in [0.25, 0.3) is 0 Å². The number of halogens is 3. The molecule has 0 N–H and O–H groups in total. The van der Waals surface area contributed by atoms with Crippen LogP contribution in [-0.4, -0.2) is 0 Å². The van der Waals surface area contributed by atoms with Gasteiger partial charge in [-0.3, -0.25) is 0 Å². The SMILES string of the molecule is Fc1cccc(CC(Br)c2ccc(Br)o2)c1. The van der Waals surface area contributed by atoms with Crippen LogP contribution in [0, 0.1) is 5.82 Å². The molecule has 1 heterocycles. The topological polar surface area (TPSA) is 13.1 Å². The Labute approximate surface area is 110 Å². The molecular formula is C12H9Br2FO. The number of hydrogen-bond acceptors (Lipinski definition) is 1. The van der Waals surface area contributed by atoms with E-state index >= 15 is 0 Å². The quantitative estimate of drug-likeness (QED) is 0.722. The second-order valence-corrected chi connectivity index (χ2v) is 5.33. The highest BCUT2D eigenvalue weighted by atomic mass is 79.9. The van der Waals surface area contributed by atoms with Crippen molar-refractivity contribution < 1.29 is 8.81 Å². The Morgan fingerprint density at radius 3 is 2.69 bits per heavy atom. The minimum absolute atomic E-state index is 0.0561. The first-order valence-corrected chi connectivity index (χ1v) is 6.50. The molecule has 16 heavy (non-hydrogen) atoms. The zero-order chi connectivity index (χ0) is 11.5. The minimum Gasteiger partial charge on any atom is -0.453 e. The smallest absolute Gasteiger partial charge is 0.169 e. The lowest BCUT2D eigenvalue weighted by atomic mass is 10.1. The van der Waals surface area contributed by atoms with Gasteiger partial charge in [-0.1, -0.05) is 28.1 Å². The van der Waals surface area contributed by atoms with E-state index in [0.717, 1.165) is 11.3 Å². The van der Waals surface area contributed by atoms with Crippen LogP contribution in [0.1, 0.15) is 16.2 Å². The van der Waals surface area contributed by atoms with Crippen LogP contribution in [-0.2, 0) is 6.42 Å². The van der Waals surface area contributed by atoms with Crippen molar-refractivity contribution in [1.29, 1.82) is 0 Å². The minimum atomic E-state index is -0.210. The van der Waals surface area contributed by atoms with Gasteiger partial charge < -0.3 is 4.42 Å². The number of rotatable bonds is 3. The van der Waals surface area contributed by atoms with E-state index in [9.17, 15) is 4.39 Å². The van der Waals surface area contributed by atoms with E-state index in [1.807, 2.05) is 18.2 Å². The number of alkyl halides is 1. The van der Waals surface area contributed by atoms with Crippen molar-refractivity contribution in [2.24, 2.45) is 0 Å². The van der Waals surface area contributed by atoms with Gasteiger partial charge in [-0.05, 0) is 52.2 Å². The van der Waals surface area contributed by atoms with Gasteiger partial charge in [-0.15, -0.1) is 0 Å². The molecule has 2 rings (SSSR count). The maximum Gasteiger partial charge on any atom is 0.169 e. The lowest BCUT2D eigenvalue weighted by molar-refractivity contribution is 0.485. The van der Waals surface area contributed by atoms with Gasteiger partial charge in [-0.25, -0.2) is 4.39 Å². The predicted octanol–water partition coefficient (Wildman–Crippen LogP) is 4.86. The summed E-state index contributed by atoms with van der Waals surface area (Å²) in [6.45, 7) is 0. The summed E-state index contributed by atoms with van der Waals surface area (Å²) in [7, 11) is 0. The Kier molecular flexibility index (Phi) is 3.82. The molecule has 1 aromatic heterocycles. The molecule has 0 saturated heterocycles. The Bertz CT molecular complexity index is 481. The van der Waals surface area contributed by atoms with Crippen LogP contribution < -0.4 is 0 Å². The summed E-state index contributed by atoms with van der Waals surface area (Å²) in [5.41, 5.74) is 0.939. The molecule has 0 aliphatic heterocycles. The zero-order valence-electron chi connectivity index (χ0n) is 8.29. The van der Waals surface area contributed by atoms with Gasteiger partial charge in [0.1, 0.15) is 11.6 Å². The molecule has 0 saturated carbocycles. The summed E-state index contributed by atoms with van der Waals surface area (Å²) in [5, 5.41) is 0. The van der Waals surface area contributed by atoms with E-state index in [1.54, 1.807) is 6.07 Å². The fraction of sp³-hybridized carbons (Fsp3) is 0.167. The Morgan fingerprint density at radius 1 is 1.25 bits per heavy atom. The highest BCUT2D eigenvalue weighted by Gasteiger charge is 2.12. The Hall–Kier alpha value is -0.610. The van der Waals surface area contributed by atoms with Crippen molar-refractivity contribution in [2.75, 3.05) is 0 Å². The molecule has 84 valence electrons. The molecular weight excluding hydrogens is 339 g/mol. The van der Waals surface area contributed by atoms with Gasteiger partial charge in [0.05, 0.1) is 4.83 Å². The van der Waals surface area contributed by atoms with Gasteiger partial charge in [0.25, 0.3) is 0 Å². The standard InChI is InChI=1S/C12H9Br2FO/c13-10(11-4-5-12(14)16-11)7-8-2-1-3-9(15)6-8/h1-6,10H,7H2. The van der Waals surface area contributed by atoms with E-state index in [0.29, 0.717) is 11.1 Å². The molecule has 0 aliphatic rings. The van der Waals surface area contributed by atoms with Gasteiger partial charge in [-0.2, -0.15) is 0 Å². The molecule has 0 fully saturated rings. The van der Waals surface area contributed by atoms with E-state index < -0.39 is 0 Å². The molecule has 1 atom stereocenters. The molecule has 0 bridgehead atoms. The normalized spacial score (nSPS) is 12.7. The van der Waals surface area contributed by atoms with Crippen molar-refractivity contribution in [1.82, 2.24) is 0 Å². The van der Waals surface area contributed by atoms with Crippen LogP contribution in [0.3, 0.4) is 0 Å². The first-order chi connectivity index (χ1) is 7.65. The van der Waals surface area contributed by atoms with Crippen LogP contribution in [0.5, 0.6) is 0 Å². The Morgan fingerprint density at radius 2 is 2.06 bits per heavy atom. The molecule has 1 nitrogen and oxygen atoms in total. The van der Waals surface area contributed by atoms with Crippen LogP contribution in [0.4, 0.5) is 4.39 Å². The lowest BCUT2D eigenvalue weighted by Crippen LogP contribution is -1.94. The molecule has 4 heteroatoms. The third kappa shape index (κ3) is 2.95. The van der Waals surface area contributed by atoms with Crippen molar-refractivity contribution in [2.45, 2.75) is 11.2 Å². The van der Waals surface area contributed by atoms with Gasteiger partial charge in [0.15, 0.2) is 4.67 Å². The highest BCUT2D eigenvalue weighted by molar-refractivity contribution is 9.10. The number of hydrogen-bond donors (Lipinski definition) is 0. The summed E-state index contributed by atoms with van der Waals surface area (Å²) in [6, 6.07) is 10.3. The summed E-state index contributed by atoms with van der Waals surface area (Å²) >= 11 is 6.77. The fourth-order valence-corrected chi connectivity index (χ4v) is 2.41. The largest absolute Gasteiger partial charge is 0.453 e. The van der Waals surface area contributed by atoms with Crippen molar-refractivity contribution in [3.8, 4) is 0 Å². The second-order valence-electron chi connectivity index (χ2n) is 3.44. The average molecular weight is 348 g/mol. The number of benzene rings is 1. The number of furan rings is 1. The Balaban J connectivity index is 2.10. The van der Waals surface area contributed by atoms with Crippen LogP contribution >= 0.6 is 31.9 Å². The summed E-state index contributed by atoms with van der Waals surface area (Å²) in [5.74, 6) is 0.619.